The highest BCUT2D eigenvalue weighted by Gasteiger charge is 2.22. The Labute approximate surface area is 120 Å². The van der Waals surface area contributed by atoms with Crippen LogP contribution in [0.5, 0.6) is 0 Å². The first kappa shape index (κ1) is 16.6. The molecule has 1 rings (SSSR count). The van der Waals surface area contributed by atoms with Gasteiger partial charge >= 0.3 is 0 Å². The van der Waals surface area contributed by atoms with Crippen molar-refractivity contribution in [3.63, 3.8) is 0 Å². The normalized spacial score (nSPS) is 11.6. The van der Waals surface area contributed by atoms with Crippen LogP contribution >= 0.6 is 0 Å². The zero-order chi connectivity index (χ0) is 15.2. The van der Waals surface area contributed by atoms with E-state index in [1.165, 1.54) is 19.2 Å². The number of amides is 1. The Morgan fingerprint density at radius 2 is 1.90 bits per heavy atom. The molecule has 0 fully saturated rings. The summed E-state index contributed by atoms with van der Waals surface area (Å²) in [5.74, 6) is -0.321. The van der Waals surface area contributed by atoms with Gasteiger partial charge in [-0.1, -0.05) is 12.1 Å². The molecule has 1 aromatic rings. The highest BCUT2D eigenvalue weighted by atomic mass is 32.2. The SMILES string of the molecule is CCNC(=O)CN(C)S(=O)(=O)c1ccc(CCN)cc1. The largest absolute Gasteiger partial charge is 0.355 e. The summed E-state index contributed by atoms with van der Waals surface area (Å²) in [7, 11) is -2.26. The van der Waals surface area contributed by atoms with Crippen LogP contribution in [0.25, 0.3) is 0 Å². The molecule has 6 nitrogen and oxygen atoms in total. The fraction of sp³-hybridized carbons (Fsp3) is 0.462. The molecule has 112 valence electrons. The predicted molar refractivity (Wildman–Crippen MR) is 77.7 cm³/mol. The molecule has 0 aliphatic rings. The third-order valence-corrected chi connectivity index (χ3v) is 4.62. The van der Waals surface area contributed by atoms with Gasteiger partial charge in [0, 0.05) is 13.6 Å². The van der Waals surface area contributed by atoms with E-state index in [0.717, 1.165) is 9.87 Å². The Hall–Kier alpha value is -1.44. The van der Waals surface area contributed by atoms with Crippen molar-refractivity contribution in [2.24, 2.45) is 5.73 Å². The summed E-state index contributed by atoms with van der Waals surface area (Å²) in [5.41, 5.74) is 6.43. The van der Waals surface area contributed by atoms with Crippen LogP contribution in [0.2, 0.25) is 0 Å². The summed E-state index contributed by atoms with van der Waals surface area (Å²) >= 11 is 0. The van der Waals surface area contributed by atoms with Crippen LogP contribution in [-0.2, 0) is 21.2 Å². The summed E-state index contributed by atoms with van der Waals surface area (Å²) < 4.78 is 25.6. The van der Waals surface area contributed by atoms with Crippen LogP contribution in [-0.4, -0.2) is 45.3 Å². The number of carbonyl (C=O) groups is 1. The van der Waals surface area contributed by atoms with Crippen molar-refractivity contribution in [3.8, 4) is 0 Å². The lowest BCUT2D eigenvalue weighted by Gasteiger charge is -2.16. The van der Waals surface area contributed by atoms with E-state index in [4.69, 9.17) is 5.73 Å². The van der Waals surface area contributed by atoms with Crippen molar-refractivity contribution in [2.75, 3.05) is 26.7 Å². The predicted octanol–water partition coefficient (Wildman–Crippen LogP) is -0.0556. The number of nitrogens with one attached hydrogen (secondary N) is 1. The van der Waals surface area contributed by atoms with E-state index in [1.807, 2.05) is 0 Å². The van der Waals surface area contributed by atoms with Gasteiger partial charge in [0.15, 0.2) is 0 Å². The van der Waals surface area contributed by atoms with Gasteiger partial charge in [0.25, 0.3) is 0 Å². The van der Waals surface area contributed by atoms with Crippen LogP contribution in [0.3, 0.4) is 0 Å². The Kier molecular flexibility index (Phi) is 6.12. The van der Waals surface area contributed by atoms with Crippen molar-refractivity contribution in [2.45, 2.75) is 18.2 Å². The van der Waals surface area contributed by atoms with Crippen LogP contribution in [0.15, 0.2) is 29.2 Å². The molecule has 0 saturated heterocycles. The van der Waals surface area contributed by atoms with Crippen molar-refractivity contribution in [1.29, 1.82) is 0 Å². The number of carbonyl (C=O) groups excluding carboxylic acids is 1. The fourth-order valence-electron chi connectivity index (χ4n) is 1.71. The van der Waals surface area contributed by atoms with E-state index in [9.17, 15) is 13.2 Å². The van der Waals surface area contributed by atoms with Gasteiger partial charge < -0.3 is 11.1 Å². The number of rotatable bonds is 7. The molecule has 0 aliphatic heterocycles. The van der Waals surface area contributed by atoms with Crippen molar-refractivity contribution < 1.29 is 13.2 Å². The Morgan fingerprint density at radius 3 is 2.40 bits per heavy atom. The molecule has 20 heavy (non-hydrogen) atoms. The molecule has 0 unspecified atom stereocenters. The summed E-state index contributed by atoms with van der Waals surface area (Å²) in [5, 5.41) is 2.57. The first-order chi connectivity index (χ1) is 9.41. The number of nitrogens with two attached hydrogens (primary N) is 1. The molecule has 1 aromatic carbocycles. The third kappa shape index (κ3) is 4.29. The smallest absolute Gasteiger partial charge is 0.243 e. The number of likely N-dealkylation sites (N-methyl/N-ethyl adjacent to an activating group) is 2. The number of hydrogen-bond donors (Lipinski definition) is 2. The molecule has 1 amide bonds. The maximum Gasteiger partial charge on any atom is 0.243 e. The second-order valence-corrected chi connectivity index (χ2v) is 6.44. The Balaban J connectivity index is 2.84. The van der Waals surface area contributed by atoms with E-state index in [-0.39, 0.29) is 17.3 Å². The maximum atomic E-state index is 12.3. The number of benzene rings is 1. The highest BCUT2D eigenvalue weighted by molar-refractivity contribution is 7.89. The quantitative estimate of drug-likeness (QED) is 0.738. The standard InChI is InChI=1S/C13H21N3O3S/c1-3-15-13(17)10-16(2)20(18,19)12-6-4-11(5-7-12)8-9-14/h4-7H,3,8-10,14H2,1-2H3,(H,15,17). The molecular weight excluding hydrogens is 278 g/mol. The number of hydrogen-bond acceptors (Lipinski definition) is 4. The van der Waals surface area contributed by atoms with Crippen LogP contribution in [0, 0.1) is 0 Å². The Bertz CT molecular complexity index is 540. The summed E-state index contributed by atoms with van der Waals surface area (Å²) in [6.45, 7) is 2.58. The highest BCUT2D eigenvalue weighted by Crippen LogP contribution is 2.15. The average molecular weight is 299 g/mol. The van der Waals surface area contributed by atoms with E-state index in [0.29, 0.717) is 19.5 Å². The number of sulfonamides is 1. The molecule has 0 heterocycles. The minimum atomic E-state index is -3.64. The minimum Gasteiger partial charge on any atom is -0.355 e. The molecule has 7 heteroatoms. The van der Waals surface area contributed by atoms with Crippen LogP contribution < -0.4 is 11.1 Å². The lowest BCUT2D eigenvalue weighted by Crippen LogP contribution is -2.38. The van der Waals surface area contributed by atoms with Gasteiger partial charge in [-0.25, -0.2) is 8.42 Å². The lowest BCUT2D eigenvalue weighted by molar-refractivity contribution is -0.121. The molecular formula is C13H21N3O3S. The van der Waals surface area contributed by atoms with Crippen LogP contribution in [0.4, 0.5) is 0 Å². The van der Waals surface area contributed by atoms with Gasteiger partial charge in [0.2, 0.25) is 15.9 Å². The van der Waals surface area contributed by atoms with Crippen LogP contribution in [0.1, 0.15) is 12.5 Å². The molecule has 0 saturated carbocycles. The minimum absolute atomic E-state index is 0.171. The monoisotopic (exact) mass is 299 g/mol. The number of nitrogens with zero attached hydrogens (tertiary/aromatic N) is 1. The van der Waals surface area contributed by atoms with Crippen molar-refractivity contribution in [1.82, 2.24) is 9.62 Å². The molecule has 0 atom stereocenters. The zero-order valence-corrected chi connectivity index (χ0v) is 12.6. The van der Waals surface area contributed by atoms with Gasteiger partial charge in [0.1, 0.15) is 0 Å². The molecule has 0 radical (unpaired) electrons. The molecule has 3 N–H and O–H groups in total. The summed E-state index contributed by atoms with van der Waals surface area (Å²) in [4.78, 5) is 11.6. The maximum absolute atomic E-state index is 12.3. The fourth-order valence-corrected chi connectivity index (χ4v) is 2.84. The van der Waals surface area contributed by atoms with E-state index >= 15 is 0 Å². The molecule has 0 aromatic heterocycles. The first-order valence-electron chi connectivity index (χ1n) is 6.43. The van der Waals surface area contributed by atoms with Gasteiger partial charge in [-0.15, -0.1) is 0 Å². The zero-order valence-electron chi connectivity index (χ0n) is 11.8. The van der Waals surface area contributed by atoms with Gasteiger partial charge in [-0.3, -0.25) is 4.79 Å². The van der Waals surface area contributed by atoms with Crippen molar-refractivity contribution >= 4 is 15.9 Å². The molecule has 0 aliphatic carbocycles. The summed E-state index contributed by atoms with van der Waals surface area (Å²) in [6, 6.07) is 6.54. The molecule has 0 spiro atoms. The average Bonchev–Trinajstić information content (AvgIpc) is 2.40. The lowest BCUT2D eigenvalue weighted by atomic mass is 10.2. The van der Waals surface area contributed by atoms with E-state index in [1.54, 1.807) is 19.1 Å². The Morgan fingerprint density at radius 1 is 1.30 bits per heavy atom. The third-order valence-electron chi connectivity index (χ3n) is 2.80. The van der Waals surface area contributed by atoms with E-state index < -0.39 is 10.0 Å². The topological polar surface area (TPSA) is 92.5 Å². The van der Waals surface area contributed by atoms with Gasteiger partial charge in [-0.05, 0) is 37.6 Å². The van der Waals surface area contributed by atoms with Gasteiger partial charge in [0.05, 0.1) is 11.4 Å². The van der Waals surface area contributed by atoms with E-state index in [2.05, 4.69) is 5.32 Å². The molecule has 0 bridgehead atoms. The second kappa shape index (κ2) is 7.37. The second-order valence-electron chi connectivity index (χ2n) is 4.40. The van der Waals surface area contributed by atoms with Crippen molar-refractivity contribution in [3.05, 3.63) is 29.8 Å². The summed E-state index contributed by atoms with van der Waals surface area (Å²) in [6.07, 6.45) is 0.703. The van der Waals surface area contributed by atoms with Gasteiger partial charge in [-0.2, -0.15) is 4.31 Å². The first-order valence-corrected chi connectivity index (χ1v) is 7.88.